The number of amides is 2. The predicted molar refractivity (Wildman–Crippen MR) is 109 cm³/mol. The summed E-state index contributed by atoms with van der Waals surface area (Å²) < 4.78 is 5.46. The number of urea groups is 1. The zero-order valence-corrected chi connectivity index (χ0v) is 17.0. The van der Waals surface area contributed by atoms with Crippen LogP contribution in [0.15, 0.2) is 45.9 Å². The molecule has 2 aromatic rings. The second-order valence-electron chi connectivity index (χ2n) is 6.64. The highest BCUT2D eigenvalue weighted by molar-refractivity contribution is 7.99. The van der Waals surface area contributed by atoms with Crippen molar-refractivity contribution in [2.75, 3.05) is 26.0 Å². The zero-order valence-electron chi connectivity index (χ0n) is 16.2. The molecule has 2 unspecified atom stereocenters. The van der Waals surface area contributed by atoms with Crippen LogP contribution in [0, 0.1) is 6.92 Å². The van der Waals surface area contributed by atoms with Gasteiger partial charge in [0.05, 0.1) is 12.3 Å². The average Bonchev–Trinajstić information content (AvgIpc) is 3.11. The molecule has 1 aromatic heterocycles. The van der Waals surface area contributed by atoms with Crippen molar-refractivity contribution in [3.05, 3.63) is 47.9 Å². The van der Waals surface area contributed by atoms with Crippen LogP contribution in [-0.2, 0) is 0 Å². The second-order valence-corrected chi connectivity index (χ2v) is 8.16. The van der Waals surface area contributed by atoms with E-state index in [9.17, 15) is 4.79 Å². The average molecular weight is 376 g/mol. The van der Waals surface area contributed by atoms with E-state index in [4.69, 9.17) is 4.42 Å². The lowest BCUT2D eigenvalue weighted by Gasteiger charge is -2.22. The Balaban J connectivity index is 1.93. The maximum atomic E-state index is 12.3. The van der Waals surface area contributed by atoms with E-state index >= 15 is 0 Å². The van der Waals surface area contributed by atoms with Crippen molar-refractivity contribution in [2.24, 2.45) is 0 Å². The quantitative estimate of drug-likeness (QED) is 0.644. The molecule has 2 N–H and O–H groups in total. The Hall–Kier alpha value is -1.92. The lowest BCUT2D eigenvalue weighted by Crippen LogP contribution is -2.36. The lowest BCUT2D eigenvalue weighted by molar-refractivity contribution is 0.233. The number of rotatable bonds is 8. The number of anilines is 1. The van der Waals surface area contributed by atoms with Gasteiger partial charge in [0.25, 0.3) is 0 Å². The zero-order chi connectivity index (χ0) is 19.1. The number of nitrogens with one attached hydrogen (secondary N) is 2. The number of carbonyl (C=O) groups is 1. The maximum Gasteiger partial charge on any atom is 0.319 e. The van der Waals surface area contributed by atoms with Gasteiger partial charge in [-0.05, 0) is 63.3 Å². The van der Waals surface area contributed by atoms with Gasteiger partial charge in [-0.1, -0.05) is 13.8 Å². The molecule has 0 bridgehead atoms. The summed E-state index contributed by atoms with van der Waals surface area (Å²) in [5, 5.41) is 6.45. The van der Waals surface area contributed by atoms with E-state index in [0.717, 1.165) is 23.4 Å². The van der Waals surface area contributed by atoms with Crippen LogP contribution in [0.2, 0.25) is 0 Å². The second kappa shape index (κ2) is 9.69. The first kappa shape index (κ1) is 20.4. The van der Waals surface area contributed by atoms with Crippen LogP contribution in [0.5, 0.6) is 0 Å². The molecule has 26 heavy (non-hydrogen) atoms. The molecule has 2 amide bonds. The van der Waals surface area contributed by atoms with Crippen LogP contribution >= 0.6 is 11.8 Å². The fraction of sp³-hybridized carbons (Fsp3) is 0.450. The van der Waals surface area contributed by atoms with E-state index < -0.39 is 0 Å². The summed E-state index contributed by atoms with van der Waals surface area (Å²) in [4.78, 5) is 15.5. The first-order valence-corrected chi connectivity index (χ1v) is 9.80. The summed E-state index contributed by atoms with van der Waals surface area (Å²) in [6.45, 7) is 6.89. The number of thioether (sulfide) groups is 1. The monoisotopic (exact) mass is 375 g/mol. The van der Waals surface area contributed by atoms with Gasteiger partial charge in [-0.2, -0.15) is 0 Å². The summed E-state index contributed by atoms with van der Waals surface area (Å²) >= 11 is 1.86. The smallest absolute Gasteiger partial charge is 0.319 e. The first-order chi connectivity index (χ1) is 12.4. The molecule has 0 saturated carbocycles. The third kappa shape index (κ3) is 5.81. The van der Waals surface area contributed by atoms with Crippen molar-refractivity contribution < 1.29 is 9.21 Å². The fourth-order valence-electron chi connectivity index (χ4n) is 2.54. The summed E-state index contributed by atoms with van der Waals surface area (Å²) in [5.74, 6) is 0.831. The Bertz CT molecular complexity index is 701. The number of nitrogens with zero attached hydrogens (tertiary/aromatic N) is 1. The largest absolute Gasteiger partial charge is 0.468 e. The molecule has 2 atom stereocenters. The molecule has 0 aliphatic heterocycles. The van der Waals surface area contributed by atoms with Crippen molar-refractivity contribution in [2.45, 2.75) is 43.4 Å². The van der Waals surface area contributed by atoms with Crippen molar-refractivity contribution in [1.29, 1.82) is 0 Å². The Morgan fingerprint density at radius 1 is 1.31 bits per heavy atom. The Kier molecular flexibility index (Phi) is 7.60. The maximum absolute atomic E-state index is 12.3. The summed E-state index contributed by atoms with van der Waals surface area (Å²) in [6.07, 6.45) is 2.78. The topological polar surface area (TPSA) is 57.5 Å². The molecule has 0 spiro atoms. The number of benzene rings is 1. The lowest BCUT2D eigenvalue weighted by atomic mass is 10.2. The van der Waals surface area contributed by atoms with Gasteiger partial charge in [0.2, 0.25) is 0 Å². The minimum absolute atomic E-state index is 0.00819. The van der Waals surface area contributed by atoms with Crippen LogP contribution in [0.25, 0.3) is 0 Å². The molecular weight excluding hydrogens is 346 g/mol. The van der Waals surface area contributed by atoms with Crippen molar-refractivity contribution in [3.8, 4) is 0 Å². The van der Waals surface area contributed by atoms with Crippen LogP contribution in [0.3, 0.4) is 0 Å². The van der Waals surface area contributed by atoms with Crippen molar-refractivity contribution in [1.82, 2.24) is 10.2 Å². The SMILES string of the molecule is CCC(C)Sc1ccc(NC(=O)NCC(c2ccco2)N(C)C)c(C)c1. The highest BCUT2D eigenvalue weighted by atomic mass is 32.2. The minimum Gasteiger partial charge on any atom is -0.468 e. The van der Waals surface area contributed by atoms with Crippen LogP contribution in [0.4, 0.5) is 10.5 Å². The molecule has 0 aliphatic carbocycles. The number of furan rings is 1. The molecule has 2 rings (SSSR count). The molecule has 6 heteroatoms. The molecule has 1 heterocycles. The fourth-order valence-corrected chi connectivity index (χ4v) is 3.56. The molecule has 142 valence electrons. The van der Waals surface area contributed by atoms with Gasteiger partial charge in [-0.25, -0.2) is 4.79 Å². The highest BCUT2D eigenvalue weighted by Crippen LogP contribution is 2.28. The number of likely N-dealkylation sites (N-methyl/N-ethyl adjacent to an activating group) is 1. The van der Waals surface area contributed by atoms with Crippen molar-refractivity contribution >= 4 is 23.5 Å². The summed E-state index contributed by atoms with van der Waals surface area (Å²) in [6, 6.07) is 9.70. The van der Waals surface area contributed by atoms with Crippen LogP contribution in [0.1, 0.15) is 37.6 Å². The molecule has 0 aliphatic rings. The van der Waals surface area contributed by atoms with Gasteiger partial charge in [0.15, 0.2) is 0 Å². The number of carbonyl (C=O) groups excluding carboxylic acids is 1. The van der Waals surface area contributed by atoms with E-state index in [-0.39, 0.29) is 12.1 Å². The highest BCUT2D eigenvalue weighted by Gasteiger charge is 2.18. The van der Waals surface area contributed by atoms with Gasteiger partial charge in [0.1, 0.15) is 5.76 Å². The van der Waals surface area contributed by atoms with E-state index in [1.54, 1.807) is 6.26 Å². The molecule has 5 nitrogen and oxygen atoms in total. The summed E-state index contributed by atoms with van der Waals surface area (Å²) in [5.41, 5.74) is 1.89. The van der Waals surface area contributed by atoms with E-state index in [1.165, 1.54) is 4.90 Å². The summed E-state index contributed by atoms with van der Waals surface area (Å²) in [7, 11) is 3.93. The molecular formula is C20H29N3O2S. The number of hydrogen-bond donors (Lipinski definition) is 2. The Labute approximate surface area is 160 Å². The van der Waals surface area contributed by atoms with E-state index in [1.807, 2.05) is 55.9 Å². The van der Waals surface area contributed by atoms with Gasteiger partial charge < -0.3 is 15.1 Å². The first-order valence-electron chi connectivity index (χ1n) is 8.92. The van der Waals surface area contributed by atoms with Crippen LogP contribution in [-0.4, -0.2) is 36.8 Å². The normalized spacial score (nSPS) is 13.5. The minimum atomic E-state index is -0.214. The third-order valence-electron chi connectivity index (χ3n) is 4.31. The van der Waals surface area contributed by atoms with Crippen LogP contribution < -0.4 is 10.6 Å². The third-order valence-corrected chi connectivity index (χ3v) is 5.57. The molecule has 0 fully saturated rings. The van der Waals surface area contributed by atoms with Crippen molar-refractivity contribution in [3.63, 3.8) is 0 Å². The van der Waals surface area contributed by atoms with Gasteiger partial charge in [0, 0.05) is 22.4 Å². The van der Waals surface area contributed by atoms with Gasteiger partial charge in [-0.15, -0.1) is 11.8 Å². The Morgan fingerprint density at radius 2 is 2.08 bits per heavy atom. The predicted octanol–water partition coefficient (Wildman–Crippen LogP) is 4.90. The standard InChI is InChI=1S/C20H29N3O2S/c1-6-15(3)26-16-9-10-17(14(2)12-16)22-20(24)21-13-18(23(4)5)19-8-7-11-25-19/h7-12,15,18H,6,13H2,1-5H3,(H2,21,22,24). The Morgan fingerprint density at radius 3 is 2.65 bits per heavy atom. The number of aryl methyl sites for hydroxylation is 1. The number of hydrogen-bond acceptors (Lipinski definition) is 4. The van der Waals surface area contributed by atoms with E-state index in [0.29, 0.717) is 11.8 Å². The molecule has 1 aromatic carbocycles. The molecule has 0 saturated heterocycles. The molecule has 0 radical (unpaired) electrons. The van der Waals surface area contributed by atoms with Gasteiger partial charge >= 0.3 is 6.03 Å². The van der Waals surface area contributed by atoms with Gasteiger partial charge in [-0.3, -0.25) is 4.90 Å². The van der Waals surface area contributed by atoms with E-state index in [2.05, 4.69) is 36.6 Å².